The van der Waals surface area contributed by atoms with E-state index in [1.165, 1.54) is 23.1 Å². The van der Waals surface area contributed by atoms with Crippen molar-refractivity contribution in [3.8, 4) is 5.75 Å². The molecule has 1 saturated heterocycles. The van der Waals surface area contributed by atoms with Gasteiger partial charge < -0.3 is 20.3 Å². The zero-order valence-electron chi connectivity index (χ0n) is 13.2. The number of hydrogen-bond donors (Lipinski definition) is 1. The van der Waals surface area contributed by atoms with Crippen LogP contribution in [0.15, 0.2) is 24.3 Å². The highest BCUT2D eigenvalue weighted by Gasteiger charge is 2.27. The third-order valence-electron chi connectivity index (χ3n) is 3.60. The Morgan fingerprint density at radius 2 is 1.67 bits per heavy atom. The minimum Gasteiger partial charge on any atom is -0.434 e. The van der Waals surface area contributed by atoms with Gasteiger partial charge in [-0.3, -0.25) is 9.59 Å². The van der Waals surface area contributed by atoms with Crippen molar-refractivity contribution in [2.75, 3.05) is 26.2 Å². The Kier molecular flexibility index (Phi) is 7.37. The molecule has 9 heteroatoms. The Labute approximate surface area is 144 Å². The molecule has 1 aliphatic heterocycles. The van der Waals surface area contributed by atoms with Gasteiger partial charge in [0, 0.05) is 26.2 Å². The number of carbonyl (C=O) groups is 2. The lowest BCUT2D eigenvalue weighted by Crippen LogP contribution is -2.53. The normalized spacial score (nSPS) is 15.7. The summed E-state index contributed by atoms with van der Waals surface area (Å²) in [4.78, 5) is 27.4. The summed E-state index contributed by atoms with van der Waals surface area (Å²) in [5, 5.41) is 0. The second-order valence-corrected chi connectivity index (χ2v) is 5.28. The molecule has 0 bridgehead atoms. The molecule has 1 aromatic rings. The van der Waals surface area contributed by atoms with Gasteiger partial charge in [0.25, 0.3) is 5.91 Å². The van der Waals surface area contributed by atoms with E-state index in [1.807, 2.05) is 0 Å². The van der Waals surface area contributed by atoms with Crippen LogP contribution in [-0.4, -0.2) is 60.4 Å². The summed E-state index contributed by atoms with van der Waals surface area (Å²) in [5.41, 5.74) is 5.64. The third kappa shape index (κ3) is 4.78. The molecule has 2 rings (SSSR count). The number of halogens is 3. The average Bonchev–Trinajstić information content (AvgIpc) is 2.53. The van der Waals surface area contributed by atoms with Gasteiger partial charge in [-0.05, 0) is 19.1 Å². The highest BCUT2D eigenvalue weighted by Crippen LogP contribution is 2.22. The number of piperazine rings is 1. The fourth-order valence-electron chi connectivity index (χ4n) is 2.43. The summed E-state index contributed by atoms with van der Waals surface area (Å²) in [6.07, 6.45) is 0. The Balaban J connectivity index is 0.00000288. The number of nitrogens with two attached hydrogens (primary N) is 1. The lowest BCUT2D eigenvalue weighted by molar-refractivity contribution is -0.133. The molecule has 1 aromatic carbocycles. The van der Waals surface area contributed by atoms with Gasteiger partial charge in [-0.15, -0.1) is 12.4 Å². The molecular formula is C15H20ClF2N3O3. The zero-order valence-corrected chi connectivity index (χ0v) is 14.0. The molecule has 1 heterocycles. The van der Waals surface area contributed by atoms with E-state index in [0.29, 0.717) is 26.2 Å². The monoisotopic (exact) mass is 363 g/mol. The smallest absolute Gasteiger partial charge is 0.387 e. The zero-order chi connectivity index (χ0) is 17.0. The largest absolute Gasteiger partial charge is 0.434 e. The molecule has 0 aliphatic carbocycles. The molecule has 0 spiro atoms. The number of para-hydroxylation sites is 1. The maximum atomic E-state index is 12.5. The molecule has 0 unspecified atom stereocenters. The van der Waals surface area contributed by atoms with Crippen molar-refractivity contribution in [2.24, 2.45) is 5.73 Å². The summed E-state index contributed by atoms with van der Waals surface area (Å²) in [7, 11) is 0. The van der Waals surface area contributed by atoms with Gasteiger partial charge in [-0.2, -0.15) is 8.78 Å². The number of rotatable bonds is 4. The Bertz CT molecular complexity index is 579. The highest BCUT2D eigenvalue weighted by molar-refractivity contribution is 5.97. The van der Waals surface area contributed by atoms with Crippen molar-refractivity contribution in [1.82, 2.24) is 9.80 Å². The van der Waals surface area contributed by atoms with Crippen molar-refractivity contribution in [3.05, 3.63) is 29.8 Å². The van der Waals surface area contributed by atoms with E-state index in [-0.39, 0.29) is 29.6 Å². The number of alkyl halides is 2. The summed E-state index contributed by atoms with van der Waals surface area (Å²) in [6.45, 7) is -0.0173. The van der Waals surface area contributed by atoms with Gasteiger partial charge in [-0.1, -0.05) is 12.1 Å². The van der Waals surface area contributed by atoms with Crippen LogP contribution < -0.4 is 10.5 Å². The number of hydrogen-bond acceptors (Lipinski definition) is 4. The standard InChI is InChI=1S/C15H19F2N3O3.ClH/c1-10(18)13(21)19-6-8-20(9-7-19)14(22)11-4-2-3-5-12(11)23-15(16)17;/h2-5,10,15H,6-9,18H2,1H3;1H/t10-;/m1./s1. The van der Waals surface area contributed by atoms with Crippen LogP contribution in [0.1, 0.15) is 17.3 Å². The molecule has 134 valence electrons. The number of amides is 2. The first-order chi connectivity index (χ1) is 10.9. The SMILES string of the molecule is C[C@@H](N)C(=O)N1CCN(C(=O)c2ccccc2OC(F)F)CC1.Cl. The summed E-state index contributed by atoms with van der Waals surface area (Å²) < 4.78 is 29.2. The fourth-order valence-corrected chi connectivity index (χ4v) is 2.43. The van der Waals surface area contributed by atoms with E-state index >= 15 is 0 Å². The van der Waals surface area contributed by atoms with Crippen molar-refractivity contribution in [1.29, 1.82) is 0 Å². The van der Waals surface area contributed by atoms with E-state index in [2.05, 4.69) is 4.74 Å². The summed E-state index contributed by atoms with van der Waals surface area (Å²) in [6, 6.07) is 5.29. The maximum absolute atomic E-state index is 12.5. The molecular weight excluding hydrogens is 344 g/mol. The second kappa shape index (κ2) is 8.79. The highest BCUT2D eigenvalue weighted by atomic mass is 35.5. The quantitative estimate of drug-likeness (QED) is 0.876. The van der Waals surface area contributed by atoms with Crippen molar-refractivity contribution >= 4 is 24.2 Å². The van der Waals surface area contributed by atoms with Crippen molar-refractivity contribution in [2.45, 2.75) is 19.6 Å². The lowest BCUT2D eigenvalue weighted by Gasteiger charge is -2.35. The minimum atomic E-state index is -3.00. The molecule has 24 heavy (non-hydrogen) atoms. The Morgan fingerprint density at radius 3 is 2.21 bits per heavy atom. The van der Waals surface area contributed by atoms with Crippen LogP contribution in [0.3, 0.4) is 0 Å². The second-order valence-electron chi connectivity index (χ2n) is 5.28. The van der Waals surface area contributed by atoms with Gasteiger partial charge in [-0.25, -0.2) is 0 Å². The predicted octanol–water partition coefficient (Wildman–Crippen LogP) is 1.34. The summed E-state index contributed by atoms with van der Waals surface area (Å²) >= 11 is 0. The van der Waals surface area contributed by atoms with Gasteiger partial charge in [0.1, 0.15) is 5.75 Å². The predicted molar refractivity (Wildman–Crippen MR) is 86.5 cm³/mol. The molecule has 0 radical (unpaired) electrons. The maximum Gasteiger partial charge on any atom is 0.387 e. The van der Waals surface area contributed by atoms with Crippen LogP contribution in [0, 0.1) is 0 Å². The van der Waals surface area contributed by atoms with Gasteiger partial charge >= 0.3 is 6.61 Å². The van der Waals surface area contributed by atoms with Crippen LogP contribution in [0.25, 0.3) is 0 Å². The molecule has 0 aromatic heterocycles. The van der Waals surface area contributed by atoms with E-state index in [0.717, 1.165) is 0 Å². The van der Waals surface area contributed by atoms with Crippen LogP contribution in [0.4, 0.5) is 8.78 Å². The Hall–Kier alpha value is -1.93. The molecule has 6 nitrogen and oxygen atoms in total. The molecule has 1 atom stereocenters. The molecule has 0 saturated carbocycles. The fraction of sp³-hybridized carbons (Fsp3) is 0.467. The number of nitrogens with zero attached hydrogens (tertiary/aromatic N) is 2. The Morgan fingerprint density at radius 1 is 1.12 bits per heavy atom. The van der Waals surface area contributed by atoms with Crippen LogP contribution >= 0.6 is 12.4 Å². The topological polar surface area (TPSA) is 75.9 Å². The van der Waals surface area contributed by atoms with Crippen molar-refractivity contribution < 1.29 is 23.1 Å². The third-order valence-corrected chi connectivity index (χ3v) is 3.60. The van der Waals surface area contributed by atoms with Gasteiger partial charge in [0.05, 0.1) is 11.6 Å². The lowest BCUT2D eigenvalue weighted by atomic mass is 10.1. The van der Waals surface area contributed by atoms with Crippen LogP contribution in [0.5, 0.6) is 5.75 Å². The van der Waals surface area contributed by atoms with E-state index < -0.39 is 18.6 Å². The van der Waals surface area contributed by atoms with Crippen LogP contribution in [0.2, 0.25) is 0 Å². The van der Waals surface area contributed by atoms with Crippen LogP contribution in [-0.2, 0) is 4.79 Å². The number of benzene rings is 1. The number of carbonyl (C=O) groups excluding carboxylic acids is 2. The first-order valence-corrected chi connectivity index (χ1v) is 7.27. The van der Waals surface area contributed by atoms with Gasteiger partial charge in [0.2, 0.25) is 5.91 Å². The minimum absolute atomic E-state index is 0. The first kappa shape index (κ1) is 20.1. The van der Waals surface area contributed by atoms with E-state index in [9.17, 15) is 18.4 Å². The summed E-state index contributed by atoms with van der Waals surface area (Å²) in [5.74, 6) is -0.714. The number of ether oxygens (including phenoxy) is 1. The first-order valence-electron chi connectivity index (χ1n) is 7.27. The van der Waals surface area contributed by atoms with Gasteiger partial charge in [0.15, 0.2) is 0 Å². The molecule has 1 fully saturated rings. The average molecular weight is 364 g/mol. The van der Waals surface area contributed by atoms with E-state index in [4.69, 9.17) is 5.73 Å². The molecule has 2 amide bonds. The van der Waals surface area contributed by atoms with E-state index in [1.54, 1.807) is 17.9 Å². The van der Waals surface area contributed by atoms with Crippen molar-refractivity contribution in [3.63, 3.8) is 0 Å². The molecule has 2 N–H and O–H groups in total. The molecule has 1 aliphatic rings.